The van der Waals surface area contributed by atoms with Crippen LogP contribution in [0.15, 0.2) is 0 Å². The van der Waals surface area contributed by atoms with Crippen molar-refractivity contribution in [2.45, 2.75) is 52.6 Å². The van der Waals surface area contributed by atoms with E-state index in [0.29, 0.717) is 6.42 Å². The van der Waals surface area contributed by atoms with Crippen molar-refractivity contribution in [1.82, 2.24) is 9.97 Å². The fraction of sp³-hybridized carbons (Fsp3) is 0.667. The number of rotatable bonds is 4. The summed E-state index contributed by atoms with van der Waals surface area (Å²) in [6.07, 6.45) is 2.41. The number of hydrogen-bond acceptors (Lipinski definition) is 4. The topological polar surface area (TPSA) is 72.3 Å². The SMILES string of the molecule is Cc1nc(C2(C)CCCO2)nc(C)c1CC(C)C(=O)O. The number of aliphatic carboxylic acids is 1. The van der Waals surface area contributed by atoms with Gasteiger partial charge in [0, 0.05) is 18.0 Å². The molecular weight excluding hydrogens is 256 g/mol. The van der Waals surface area contributed by atoms with E-state index >= 15 is 0 Å². The fourth-order valence-electron chi connectivity index (χ4n) is 2.62. The van der Waals surface area contributed by atoms with Crippen molar-refractivity contribution in [3.8, 4) is 0 Å². The number of nitrogens with zero attached hydrogens (tertiary/aromatic N) is 2. The summed E-state index contributed by atoms with van der Waals surface area (Å²) < 4.78 is 5.78. The van der Waals surface area contributed by atoms with Crippen molar-refractivity contribution in [3.05, 3.63) is 22.8 Å². The first-order valence-electron chi connectivity index (χ1n) is 7.05. The minimum atomic E-state index is -0.793. The second-order valence-electron chi connectivity index (χ2n) is 5.82. The lowest BCUT2D eigenvalue weighted by molar-refractivity contribution is -0.141. The Kier molecular flexibility index (Phi) is 4.09. The summed E-state index contributed by atoms with van der Waals surface area (Å²) in [6.45, 7) is 8.31. The van der Waals surface area contributed by atoms with E-state index in [1.54, 1.807) is 6.92 Å². The highest BCUT2D eigenvalue weighted by atomic mass is 16.5. The Bertz CT molecular complexity index is 499. The van der Waals surface area contributed by atoms with E-state index in [2.05, 4.69) is 9.97 Å². The minimum Gasteiger partial charge on any atom is -0.481 e. The largest absolute Gasteiger partial charge is 0.481 e. The maximum Gasteiger partial charge on any atom is 0.306 e. The zero-order valence-corrected chi connectivity index (χ0v) is 12.6. The predicted octanol–water partition coefficient (Wildman–Crippen LogP) is 2.38. The summed E-state index contributed by atoms with van der Waals surface area (Å²) in [7, 11) is 0. The molecule has 2 atom stereocenters. The molecule has 1 saturated heterocycles. The number of aryl methyl sites for hydroxylation is 2. The Morgan fingerprint density at radius 1 is 1.40 bits per heavy atom. The van der Waals surface area contributed by atoms with Crippen LogP contribution in [-0.2, 0) is 21.6 Å². The van der Waals surface area contributed by atoms with Gasteiger partial charge in [-0.1, -0.05) is 6.92 Å². The van der Waals surface area contributed by atoms with Gasteiger partial charge in [0.25, 0.3) is 0 Å². The average molecular weight is 278 g/mol. The van der Waals surface area contributed by atoms with Gasteiger partial charge in [0.15, 0.2) is 5.82 Å². The third-order valence-corrected chi connectivity index (χ3v) is 4.04. The van der Waals surface area contributed by atoms with Crippen LogP contribution < -0.4 is 0 Å². The number of carbonyl (C=O) groups is 1. The quantitative estimate of drug-likeness (QED) is 0.915. The molecule has 0 saturated carbocycles. The molecule has 1 aliphatic heterocycles. The lowest BCUT2D eigenvalue weighted by atomic mass is 9.97. The van der Waals surface area contributed by atoms with E-state index in [1.165, 1.54) is 0 Å². The first kappa shape index (κ1) is 14.9. The van der Waals surface area contributed by atoms with Crippen molar-refractivity contribution in [2.24, 2.45) is 5.92 Å². The standard InChI is InChI=1S/C15H22N2O3/c1-9(13(18)19)8-12-10(2)16-14(17-11(12)3)15(4)6-5-7-20-15/h9H,5-8H2,1-4H3,(H,18,19). The second-order valence-corrected chi connectivity index (χ2v) is 5.82. The fourth-order valence-corrected chi connectivity index (χ4v) is 2.62. The number of aromatic nitrogens is 2. The molecule has 1 aliphatic rings. The van der Waals surface area contributed by atoms with Gasteiger partial charge in [-0.2, -0.15) is 0 Å². The molecule has 0 aromatic carbocycles. The molecule has 1 N–H and O–H groups in total. The van der Waals surface area contributed by atoms with E-state index in [0.717, 1.165) is 42.2 Å². The van der Waals surface area contributed by atoms with E-state index in [1.807, 2.05) is 20.8 Å². The molecule has 2 unspecified atom stereocenters. The monoisotopic (exact) mass is 278 g/mol. The highest BCUT2D eigenvalue weighted by Gasteiger charge is 2.35. The average Bonchev–Trinajstić information content (AvgIpc) is 2.81. The molecule has 1 aromatic heterocycles. The Morgan fingerprint density at radius 2 is 2.00 bits per heavy atom. The minimum absolute atomic E-state index is 0.396. The molecule has 1 aromatic rings. The molecule has 0 amide bonds. The van der Waals surface area contributed by atoms with E-state index < -0.39 is 17.5 Å². The van der Waals surface area contributed by atoms with Gasteiger partial charge in [0.2, 0.25) is 0 Å². The van der Waals surface area contributed by atoms with Crippen LogP contribution in [0.1, 0.15) is 49.5 Å². The predicted molar refractivity (Wildman–Crippen MR) is 74.5 cm³/mol. The van der Waals surface area contributed by atoms with Crippen LogP contribution in [0, 0.1) is 19.8 Å². The summed E-state index contributed by atoms with van der Waals surface area (Å²) in [4.78, 5) is 20.1. The van der Waals surface area contributed by atoms with Gasteiger partial charge in [-0.3, -0.25) is 4.79 Å². The number of ether oxygens (including phenoxy) is 1. The van der Waals surface area contributed by atoms with Crippen molar-refractivity contribution in [3.63, 3.8) is 0 Å². The van der Waals surface area contributed by atoms with Gasteiger partial charge < -0.3 is 9.84 Å². The smallest absolute Gasteiger partial charge is 0.306 e. The summed E-state index contributed by atoms with van der Waals surface area (Å²) >= 11 is 0. The normalized spacial score (nSPS) is 23.8. The van der Waals surface area contributed by atoms with Gasteiger partial charge in [-0.05, 0) is 45.6 Å². The molecule has 0 radical (unpaired) electrons. The zero-order valence-electron chi connectivity index (χ0n) is 12.6. The lowest BCUT2D eigenvalue weighted by Crippen LogP contribution is -2.25. The van der Waals surface area contributed by atoms with Crippen molar-refractivity contribution < 1.29 is 14.6 Å². The molecule has 1 fully saturated rings. The Labute approximate surface area is 119 Å². The molecule has 5 nitrogen and oxygen atoms in total. The highest BCUT2D eigenvalue weighted by Crippen LogP contribution is 2.34. The third-order valence-electron chi connectivity index (χ3n) is 4.04. The summed E-state index contributed by atoms with van der Waals surface area (Å²) in [5, 5.41) is 9.03. The number of hydrogen-bond donors (Lipinski definition) is 1. The van der Waals surface area contributed by atoms with Crippen LogP contribution in [0.4, 0.5) is 0 Å². The molecule has 0 aliphatic carbocycles. The van der Waals surface area contributed by atoms with Crippen molar-refractivity contribution >= 4 is 5.97 Å². The van der Waals surface area contributed by atoms with Crippen molar-refractivity contribution in [1.29, 1.82) is 0 Å². The van der Waals surface area contributed by atoms with Gasteiger partial charge in [0.1, 0.15) is 5.60 Å². The molecule has 5 heteroatoms. The molecule has 0 bridgehead atoms. The van der Waals surface area contributed by atoms with Gasteiger partial charge in [-0.15, -0.1) is 0 Å². The van der Waals surface area contributed by atoms with Crippen LogP contribution in [0.3, 0.4) is 0 Å². The van der Waals surface area contributed by atoms with E-state index in [-0.39, 0.29) is 0 Å². The van der Waals surface area contributed by atoms with Crippen LogP contribution in [0.2, 0.25) is 0 Å². The number of carboxylic acids is 1. The molecule has 2 rings (SSSR count). The first-order chi connectivity index (χ1) is 9.33. The second kappa shape index (κ2) is 5.48. The molecule has 0 spiro atoms. The Balaban J connectivity index is 2.31. The van der Waals surface area contributed by atoms with E-state index in [4.69, 9.17) is 9.84 Å². The Morgan fingerprint density at radius 3 is 2.45 bits per heavy atom. The first-order valence-corrected chi connectivity index (χ1v) is 7.05. The van der Waals surface area contributed by atoms with Gasteiger partial charge in [0.05, 0.1) is 5.92 Å². The third kappa shape index (κ3) is 2.82. The molecule has 2 heterocycles. The molecule has 20 heavy (non-hydrogen) atoms. The van der Waals surface area contributed by atoms with Crippen LogP contribution in [-0.4, -0.2) is 27.7 Å². The van der Waals surface area contributed by atoms with Gasteiger partial charge >= 0.3 is 5.97 Å². The molecular formula is C15H22N2O3. The summed E-state index contributed by atoms with van der Waals surface area (Å²) in [6, 6.07) is 0. The number of carboxylic acid groups (broad SMARTS) is 1. The summed E-state index contributed by atoms with van der Waals surface area (Å²) in [5.74, 6) is -0.504. The van der Waals surface area contributed by atoms with Crippen LogP contribution >= 0.6 is 0 Å². The van der Waals surface area contributed by atoms with Gasteiger partial charge in [-0.25, -0.2) is 9.97 Å². The maximum atomic E-state index is 11.0. The Hall–Kier alpha value is -1.49. The summed E-state index contributed by atoms with van der Waals surface area (Å²) in [5.41, 5.74) is 2.26. The van der Waals surface area contributed by atoms with Crippen LogP contribution in [0.5, 0.6) is 0 Å². The highest BCUT2D eigenvalue weighted by molar-refractivity contribution is 5.70. The zero-order chi connectivity index (χ0) is 14.9. The van der Waals surface area contributed by atoms with E-state index in [9.17, 15) is 4.79 Å². The molecule has 110 valence electrons. The maximum absolute atomic E-state index is 11.0. The lowest BCUT2D eigenvalue weighted by Gasteiger charge is -2.23. The van der Waals surface area contributed by atoms with Crippen LogP contribution in [0.25, 0.3) is 0 Å². The van der Waals surface area contributed by atoms with Crippen molar-refractivity contribution in [2.75, 3.05) is 6.61 Å².